The molecule has 4 unspecified atom stereocenters. The van der Waals surface area contributed by atoms with Crippen molar-refractivity contribution in [3.05, 3.63) is 40.3 Å². The number of ether oxygens (including phenoxy) is 3. The average molecular weight is 479 g/mol. The molecule has 2 aliphatic heterocycles. The topological polar surface area (TPSA) is 47.9 Å². The van der Waals surface area contributed by atoms with Crippen LogP contribution in [0, 0.1) is 12.8 Å². The van der Waals surface area contributed by atoms with E-state index in [1.165, 1.54) is 23.1 Å². The van der Waals surface area contributed by atoms with Crippen LogP contribution in [-0.4, -0.2) is 54.6 Å². The van der Waals surface area contributed by atoms with Gasteiger partial charge in [0.2, 0.25) is 0 Å². The second-order valence-electron chi connectivity index (χ2n) is 9.29. The van der Waals surface area contributed by atoms with Gasteiger partial charge >= 0.3 is 0 Å². The van der Waals surface area contributed by atoms with E-state index in [0.717, 1.165) is 57.5 Å². The number of hydrogen-bond donors (Lipinski definition) is 1. The Hall–Kier alpha value is -0.660. The van der Waals surface area contributed by atoms with Gasteiger partial charge in [-0.1, -0.05) is 23.8 Å². The summed E-state index contributed by atoms with van der Waals surface area (Å²) in [7, 11) is 0. The highest BCUT2D eigenvalue weighted by atomic mass is 32.2. The molecule has 1 N–H and O–H groups in total. The Morgan fingerprint density at radius 2 is 2.12 bits per heavy atom. The van der Waals surface area contributed by atoms with Gasteiger partial charge in [0.15, 0.2) is 6.29 Å². The van der Waals surface area contributed by atoms with Crippen molar-refractivity contribution < 1.29 is 19.3 Å². The summed E-state index contributed by atoms with van der Waals surface area (Å²) in [5.41, 5.74) is 3.92. The largest absolute Gasteiger partial charge is 0.489 e. The van der Waals surface area contributed by atoms with E-state index < -0.39 is 0 Å². The van der Waals surface area contributed by atoms with Crippen LogP contribution < -0.4 is 4.74 Å². The quantitative estimate of drug-likeness (QED) is 0.436. The van der Waals surface area contributed by atoms with Crippen LogP contribution >= 0.6 is 23.5 Å². The normalized spacial score (nSPS) is 30.3. The molecule has 1 aromatic carbocycles. The van der Waals surface area contributed by atoms with Gasteiger partial charge in [-0.3, -0.25) is 0 Å². The van der Waals surface area contributed by atoms with Crippen molar-refractivity contribution in [2.75, 3.05) is 25.7 Å². The van der Waals surface area contributed by atoms with E-state index >= 15 is 0 Å². The molecule has 1 saturated carbocycles. The summed E-state index contributed by atoms with van der Waals surface area (Å²) in [6.07, 6.45) is 13.5. The Balaban J connectivity index is 1.42. The van der Waals surface area contributed by atoms with Gasteiger partial charge in [0.1, 0.15) is 11.9 Å². The zero-order valence-electron chi connectivity index (χ0n) is 19.6. The summed E-state index contributed by atoms with van der Waals surface area (Å²) in [5, 5.41) is 13.4. The minimum Gasteiger partial charge on any atom is -0.489 e. The number of fused-ring (bicyclic) bond motifs is 3. The number of aryl methyl sites for hydroxylation is 2. The lowest BCUT2D eigenvalue weighted by molar-refractivity contribution is -0.162. The molecule has 3 aliphatic rings. The summed E-state index contributed by atoms with van der Waals surface area (Å²) in [5.74, 6) is 1.56. The van der Waals surface area contributed by atoms with Crippen molar-refractivity contribution in [1.82, 2.24) is 0 Å². The van der Waals surface area contributed by atoms with Crippen molar-refractivity contribution in [2.24, 2.45) is 5.92 Å². The fourth-order valence-electron chi connectivity index (χ4n) is 5.58. The molecule has 0 aromatic heterocycles. The lowest BCUT2D eigenvalue weighted by atomic mass is 9.84. The molecule has 0 bridgehead atoms. The molecule has 6 heteroatoms. The number of thioether (sulfide) groups is 2. The highest BCUT2D eigenvalue weighted by Crippen LogP contribution is 2.54. The van der Waals surface area contributed by atoms with E-state index in [0.29, 0.717) is 5.25 Å². The molecule has 0 amide bonds. The highest BCUT2D eigenvalue weighted by molar-refractivity contribution is 8.01. The lowest BCUT2D eigenvalue weighted by Crippen LogP contribution is -2.28. The molecule has 0 spiro atoms. The molecule has 6 atom stereocenters. The van der Waals surface area contributed by atoms with Gasteiger partial charge in [-0.2, -0.15) is 11.8 Å². The highest BCUT2D eigenvalue weighted by Gasteiger charge is 2.52. The van der Waals surface area contributed by atoms with E-state index in [4.69, 9.17) is 14.2 Å². The van der Waals surface area contributed by atoms with Crippen molar-refractivity contribution >= 4 is 23.5 Å². The van der Waals surface area contributed by atoms with Crippen molar-refractivity contribution in [1.29, 1.82) is 0 Å². The third kappa shape index (κ3) is 5.52. The van der Waals surface area contributed by atoms with Gasteiger partial charge < -0.3 is 19.3 Å². The molecule has 4 nitrogen and oxygen atoms in total. The molecular weight excluding hydrogens is 440 g/mol. The van der Waals surface area contributed by atoms with E-state index in [9.17, 15) is 5.11 Å². The number of benzene rings is 1. The first-order valence-corrected chi connectivity index (χ1v) is 14.6. The van der Waals surface area contributed by atoms with Gasteiger partial charge in [0.05, 0.1) is 6.10 Å². The monoisotopic (exact) mass is 478 g/mol. The molecular formula is C26H38O4S2. The smallest absolute Gasteiger partial charge is 0.157 e. The van der Waals surface area contributed by atoms with Crippen LogP contribution in [0.3, 0.4) is 0 Å². The van der Waals surface area contributed by atoms with Crippen LogP contribution in [0.4, 0.5) is 0 Å². The Kier molecular flexibility index (Phi) is 8.91. The Morgan fingerprint density at radius 1 is 1.25 bits per heavy atom. The molecule has 1 aromatic rings. The van der Waals surface area contributed by atoms with Crippen LogP contribution in [-0.2, 0) is 15.9 Å². The molecule has 32 heavy (non-hydrogen) atoms. The van der Waals surface area contributed by atoms with Crippen molar-refractivity contribution in [3.8, 4) is 5.75 Å². The zero-order chi connectivity index (χ0) is 22.5. The van der Waals surface area contributed by atoms with Gasteiger partial charge in [0.25, 0.3) is 0 Å². The molecule has 0 radical (unpaired) electrons. The van der Waals surface area contributed by atoms with Crippen molar-refractivity contribution in [3.63, 3.8) is 0 Å². The van der Waals surface area contributed by atoms with Crippen LogP contribution in [0.1, 0.15) is 61.1 Å². The summed E-state index contributed by atoms with van der Waals surface area (Å²) < 4.78 is 18.1. The van der Waals surface area contributed by atoms with Gasteiger partial charge in [-0.05, 0) is 68.9 Å². The van der Waals surface area contributed by atoms with E-state index in [1.54, 1.807) is 11.8 Å². The number of hydrogen-bond acceptors (Lipinski definition) is 6. The summed E-state index contributed by atoms with van der Waals surface area (Å²) in [4.78, 5) is 0. The maximum absolute atomic E-state index is 10.9. The number of unbranched alkanes of at least 4 members (excludes halogenated alkanes) is 1. The van der Waals surface area contributed by atoms with Crippen molar-refractivity contribution in [2.45, 2.75) is 81.5 Å². The summed E-state index contributed by atoms with van der Waals surface area (Å²) in [6.45, 7) is 3.77. The maximum atomic E-state index is 10.9. The first kappa shape index (κ1) is 24.5. The minimum absolute atomic E-state index is 0.00238. The predicted molar refractivity (Wildman–Crippen MR) is 135 cm³/mol. The molecule has 2 fully saturated rings. The first-order valence-electron chi connectivity index (χ1n) is 12.1. The molecule has 1 saturated heterocycles. The van der Waals surface area contributed by atoms with Crippen LogP contribution in [0.5, 0.6) is 5.75 Å². The molecule has 1 aliphatic carbocycles. The standard InChI is InChI=1S/C26H38O4S2/c1-17-14-18(8-4-6-11-28-23-9-5-7-12-29-23)26-19(15-17)24-21(30-26)16-20(27)25(24)22(32-3)10-13-31-2/h10,13-15,20-25,27H,4-9,11-12,16H2,1-3H3/t20?,21-,22?,23?,24-,25?/m1/s1. The molecule has 178 valence electrons. The number of rotatable bonds is 10. The number of aliphatic hydroxyl groups is 1. The lowest BCUT2D eigenvalue weighted by Gasteiger charge is -2.27. The first-order chi connectivity index (χ1) is 15.6. The second-order valence-corrected chi connectivity index (χ2v) is 11.1. The Labute approximate surface area is 201 Å². The summed E-state index contributed by atoms with van der Waals surface area (Å²) in [6, 6.07) is 4.59. The summed E-state index contributed by atoms with van der Waals surface area (Å²) >= 11 is 3.55. The molecule has 4 rings (SSSR count). The van der Waals surface area contributed by atoms with E-state index in [2.05, 4.69) is 43.1 Å². The fraction of sp³-hybridized carbons (Fsp3) is 0.692. The van der Waals surface area contributed by atoms with Gasteiger partial charge in [-0.15, -0.1) is 11.8 Å². The van der Waals surface area contributed by atoms with Gasteiger partial charge in [-0.25, -0.2) is 0 Å². The van der Waals surface area contributed by atoms with Crippen LogP contribution in [0.25, 0.3) is 0 Å². The fourth-order valence-corrected chi connectivity index (χ4v) is 6.91. The Morgan fingerprint density at radius 3 is 2.88 bits per heavy atom. The average Bonchev–Trinajstić information content (AvgIpc) is 3.30. The zero-order valence-corrected chi connectivity index (χ0v) is 21.3. The second kappa shape index (κ2) is 11.7. The number of aliphatic hydroxyl groups excluding tert-OH is 1. The van der Waals surface area contributed by atoms with Gasteiger partial charge in [0, 0.05) is 42.3 Å². The van der Waals surface area contributed by atoms with E-state index in [1.807, 2.05) is 11.8 Å². The predicted octanol–water partition coefficient (Wildman–Crippen LogP) is 5.69. The third-order valence-electron chi connectivity index (χ3n) is 7.04. The molecule has 2 heterocycles. The third-order valence-corrected chi connectivity index (χ3v) is 8.48. The minimum atomic E-state index is -0.315. The van der Waals surface area contributed by atoms with Crippen LogP contribution in [0.2, 0.25) is 0 Å². The van der Waals surface area contributed by atoms with E-state index in [-0.39, 0.29) is 30.3 Å². The SMILES string of the molecule is CSC=CC(SC)C1C(O)C[C@H]2Oc3c(CCCCOC4CCCCO4)cc(C)cc3[C@@H]12. The Bertz CT molecular complexity index is 777. The van der Waals surface area contributed by atoms with Crippen LogP contribution in [0.15, 0.2) is 23.6 Å². The maximum Gasteiger partial charge on any atom is 0.157 e.